The first-order chi connectivity index (χ1) is 15.3. The molecule has 0 bridgehead atoms. The van der Waals surface area contributed by atoms with Crippen LogP contribution in [0.2, 0.25) is 0 Å². The molecule has 4 N–H and O–H groups in total. The lowest BCUT2D eigenvalue weighted by Gasteiger charge is -2.14. The molecule has 0 aromatic heterocycles. The highest BCUT2D eigenvalue weighted by atomic mass is 32.2. The van der Waals surface area contributed by atoms with Gasteiger partial charge in [-0.25, -0.2) is 13.2 Å². The summed E-state index contributed by atoms with van der Waals surface area (Å²) in [5.74, 6) is -0.236. The van der Waals surface area contributed by atoms with E-state index in [0.717, 1.165) is 23.3 Å². The van der Waals surface area contributed by atoms with Crippen LogP contribution in [-0.2, 0) is 32.6 Å². The molecular weight excluding hydrogens is 435 g/mol. The maximum absolute atomic E-state index is 13.0. The summed E-state index contributed by atoms with van der Waals surface area (Å²) in [6, 6.07) is 17.1. The number of carbonyl (C=O) groups is 1. The van der Waals surface area contributed by atoms with Gasteiger partial charge in [0.25, 0.3) is 10.0 Å². The molecule has 9 nitrogen and oxygen atoms in total. The van der Waals surface area contributed by atoms with Crippen molar-refractivity contribution in [3.8, 4) is 5.75 Å². The van der Waals surface area contributed by atoms with Gasteiger partial charge in [0, 0.05) is 11.8 Å². The molecule has 3 aromatic rings. The molecule has 1 aliphatic heterocycles. The summed E-state index contributed by atoms with van der Waals surface area (Å²) >= 11 is 0. The first kappa shape index (κ1) is 21.7. The molecule has 4 rings (SSSR count). The molecule has 1 amide bonds. The molecule has 0 radical (unpaired) electrons. The van der Waals surface area contributed by atoms with Crippen LogP contribution < -0.4 is 15.5 Å². The third-order valence-electron chi connectivity index (χ3n) is 4.76. The van der Waals surface area contributed by atoms with Crippen molar-refractivity contribution < 1.29 is 32.7 Å². The second-order valence-electron chi connectivity index (χ2n) is 7.05. The van der Waals surface area contributed by atoms with E-state index in [9.17, 15) is 23.3 Å². The van der Waals surface area contributed by atoms with Crippen molar-refractivity contribution >= 4 is 40.1 Å². The summed E-state index contributed by atoms with van der Waals surface area (Å²) in [4.78, 5) is 12.0. The topological polar surface area (TPSA) is 134 Å². The fourth-order valence-corrected chi connectivity index (χ4v) is 4.40. The largest absolute Gasteiger partial charge is 0.508 e. The Morgan fingerprint density at radius 2 is 1.88 bits per heavy atom. The van der Waals surface area contributed by atoms with E-state index in [1.54, 1.807) is 36.4 Å². The van der Waals surface area contributed by atoms with Gasteiger partial charge in [-0.1, -0.05) is 36.4 Å². The van der Waals surface area contributed by atoms with E-state index < -0.39 is 23.2 Å². The number of rotatable bonds is 6. The highest BCUT2D eigenvalue weighted by molar-refractivity contribution is 7.92. The van der Waals surface area contributed by atoms with Crippen molar-refractivity contribution in [1.82, 2.24) is 0 Å². The van der Waals surface area contributed by atoms with Crippen molar-refractivity contribution in [1.29, 1.82) is 0 Å². The number of phenolic OH excluding ortho intramolecular Hbond substituents is 1. The molecule has 0 aliphatic carbocycles. The Balaban J connectivity index is 1.53. The van der Waals surface area contributed by atoms with Crippen LogP contribution in [0.15, 0.2) is 71.6 Å². The average Bonchev–Trinajstić information content (AvgIpc) is 3.13. The first-order valence-electron chi connectivity index (χ1n) is 9.58. The number of amides is 1. The molecule has 164 valence electrons. The Bertz CT molecular complexity index is 1250. The minimum atomic E-state index is -4.16. The second-order valence-corrected chi connectivity index (χ2v) is 8.70. The van der Waals surface area contributed by atoms with Gasteiger partial charge < -0.3 is 19.5 Å². The third kappa shape index (κ3) is 4.85. The van der Waals surface area contributed by atoms with Crippen molar-refractivity contribution in [2.45, 2.75) is 18.1 Å². The van der Waals surface area contributed by atoms with Crippen LogP contribution in [0.3, 0.4) is 0 Å². The van der Waals surface area contributed by atoms with Gasteiger partial charge in [0.2, 0.25) is 0 Å². The van der Waals surface area contributed by atoms with E-state index in [2.05, 4.69) is 10.0 Å². The maximum Gasteiger partial charge on any atom is 0.491 e. The van der Waals surface area contributed by atoms with Crippen LogP contribution in [0.5, 0.6) is 5.75 Å². The standard InChI is InChI=1S/C21H19BN2O7S/c25-17-8-9-20(19(11-17)23-21(26)30-12-14-4-2-1-3-5-14)32(28,29)24-16-7-6-15-13-31-22(27)18(15)10-16/h1-11,24-25,27H,12-13H2,(H,23,26). The molecule has 11 heteroatoms. The minimum Gasteiger partial charge on any atom is -0.508 e. The number of hydrogen-bond acceptors (Lipinski definition) is 7. The zero-order valence-electron chi connectivity index (χ0n) is 16.7. The Morgan fingerprint density at radius 1 is 1.09 bits per heavy atom. The third-order valence-corrected chi connectivity index (χ3v) is 6.20. The Labute approximate surface area is 184 Å². The number of ether oxygens (including phenoxy) is 1. The Kier molecular flexibility index (Phi) is 6.04. The fourth-order valence-electron chi connectivity index (χ4n) is 3.21. The smallest absolute Gasteiger partial charge is 0.491 e. The quantitative estimate of drug-likeness (QED) is 0.420. The van der Waals surface area contributed by atoms with E-state index in [4.69, 9.17) is 9.39 Å². The Morgan fingerprint density at radius 3 is 2.66 bits per heavy atom. The van der Waals surface area contributed by atoms with E-state index in [-0.39, 0.29) is 35.2 Å². The van der Waals surface area contributed by atoms with Crippen LogP contribution in [0.25, 0.3) is 0 Å². The monoisotopic (exact) mass is 454 g/mol. The lowest BCUT2D eigenvalue weighted by molar-refractivity contribution is 0.155. The molecule has 1 aliphatic rings. The molecule has 0 fully saturated rings. The van der Waals surface area contributed by atoms with Crippen molar-refractivity contribution in [2.24, 2.45) is 0 Å². The molecule has 0 saturated carbocycles. The van der Waals surface area contributed by atoms with Gasteiger partial charge in [-0.3, -0.25) is 10.0 Å². The number of benzene rings is 3. The predicted molar refractivity (Wildman–Crippen MR) is 118 cm³/mol. The summed E-state index contributed by atoms with van der Waals surface area (Å²) < 4.78 is 38.6. The van der Waals surface area contributed by atoms with Gasteiger partial charge in [-0.2, -0.15) is 0 Å². The van der Waals surface area contributed by atoms with Gasteiger partial charge in [0.15, 0.2) is 0 Å². The van der Waals surface area contributed by atoms with Gasteiger partial charge in [0.05, 0.1) is 12.3 Å². The molecule has 0 unspecified atom stereocenters. The lowest BCUT2D eigenvalue weighted by Crippen LogP contribution is -2.28. The number of sulfonamides is 1. The van der Waals surface area contributed by atoms with Gasteiger partial charge >= 0.3 is 13.2 Å². The van der Waals surface area contributed by atoms with Crippen LogP contribution in [-0.4, -0.2) is 31.8 Å². The number of aromatic hydroxyl groups is 1. The molecule has 3 aromatic carbocycles. The number of fused-ring (bicyclic) bond motifs is 1. The Hall–Kier alpha value is -3.54. The normalized spacial score (nSPS) is 12.8. The van der Waals surface area contributed by atoms with Gasteiger partial charge in [0.1, 0.15) is 17.3 Å². The van der Waals surface area contributed by atoms with Crippen LogP contribution in [0, 0.1) is 0 Å². The number of carbonyl (C=O) groups excluding carboxylic acids is 1. The van der Waals surface area contributed by atoms with Crippen LogP contribution >= 0.6 is 0 Å². The minimum absolute atomic E-state index is 0.00859. The number of nitrogens with one attached hydrogen (secondary N) is 2. The van der Waals surface area contributed by atoms with Gasteiger partial charge in [-0.15, -0.1) is 0 Å². The van der Waals surface area contributed by atoms with E-state index in [0.29, 0.717) is 5.46 Å². The fraction of sp³-hybridized carbons (Fsp3) is 0.0952. The molecule has 1 heterocycles. The van der Waals surface area contributed by atoms with E-state index >= 15 is 0 Å². The van der Waals surface area contributed by atoms with E-state index in [1.165, 1.54) is 12.1 Å². The SMILES string of the molecule is O=C(Nc1cc(O)ccc1S(=O)(=O)Nc1ccc2c(c1)B(O)OC2)OCc1ccccc1. The maximum atomic E-state index is 13.0. The molecule has 32 heavy (non-hydrogen) atoms. The van der Waals surface area contributed by atoms with Crippen molar-refractivity contribution in [3.05, 3.63) is 77.9 Å². The van der Waals surface area contributed by atoms with Crippen molar-refractivity contribution in [3.63, 3.8) is 0 Å². The highest BCUT2D eigenvalue weighted by Gasteiger charge is 2.28. The van der Waals surface area contributed by atoms with E-state index in [1.807, 2.05) is 6.07 Å². The summed E-state index contributed by atoms with van der Waals surface area (Å²) in [7, 11) is -5.29. The molecule has 0 saturated heterocycles. The molecule has 0 atom stereocenters. The molecular formula is C21H19BN2O7S. The number of anilines is 2. The first-order valence-corrected chi connectivity index (χ1v) is 11.1. The average molecular weight is 454 g/mol. The van der Waals surface area contributed by atoms with Gasteiger partial charge in [-0.05, 0) is 40.9 Å². The number of hydrogen-bond donors (Lipinski definition) is 4. The zero-order chi connectivity index (χ0) is 22.7. The van der Waals surface area contributed by atoms with Crippen LogP contribution in [0.4, 0.5) is 16.2 Å². The lowest BCUT2D eigenvalue weighted by atomic mass is 9.79. The zero-order valence-corrected chi connectivity index (χ0v) is 17.5. The summed E-state index contributed by atoms with van der Waals surface area (Å²) in [6.45, 7) is 0.228. The summed E-state index contributed by atoms with van der Waals surface area (Å²) in [5, 5.41) is 22.0. The highest BCUT2D eigenvalue weighted by Crippen LogP contribution is 2.28. The summed E-state index contributed by atoms with van der Waals surface area (Å²) in [6.07, 6.45) is -0.881. The number of phenols is 1. The van der Waals surface area contributed by atoms with Crippen LogP contribution in [0.1, 0.15) is 11.1 Å². The second kappa shape index (κ2) is 8.91. The predicted octanol–water partition coefficient (Wildman–Crippen LogP) is 2.16. The van der Waals surface area contributed by atoms with Crippen molar-refractivity contribution in [2.75, 3.05) is 10.0 Å². The molecule has 0 spiro atoms. The summed E-state index contributed by atoms with van der Waals surface area (Å²) in [5.41, 5.74) is 2.04.